The Hall–Kier alpha value is -2.98. The van der Waals surface area contributed by atoms with Gasteiger partial charge in [-0.3, -0.25) is 14.2 Å². The summed E-state index contributed by atoms with van der Waals surface area (Å²) in [5.74, 6) is -0.342. The average molecular weight is 407 g/mol. The monoisotopic (exact) mass is 406 g/mol. The van der Waals surface area contributed by atoms with Crippen LogP contribution in [0.5, 0.6) is 0 Å². The fraction of sp³-hybridized carbons (Fsp3) is 0.125. The second kappa shape index (κ2) is 7.33. The number of sulfonamides is 1. The highest BCUT2D eigenvalue weighted by atomic mass is 35.5. The summed E-state index contributed by atoms with van der Waals surface area (Å²) in [6.45, 7) is 1.83. The Balaban J connectivity index is 1.72. The molecule has 0 unspecified atom stereocenters. The highest BCUT2D eigenvalue weighted by molar-refractivity contribution is 7.92. The van der Waals surface area contributed by atoms with Gasteiger partial charge in [-0.25, -0.2) is 8.42 Å². The van der Waals surface area contributed by atoms with Crippen molar-refractivity contribution in [3.63, 3.8) is 0 Å². The Morgan fingerprint density at radius 2 is 1.81 bits per heavy atom. The van der Waals surface area contributed by atoms with E-state index in [-0.39, 0.29) is 27.5 Å². The standard InChI is InChI=1S/C16H15ClN6O3S/c1-10-9-13(21-23(10)2)16(24)18-11-3-5-12(6-4-11)27(25,26)22-15-8-7-14(17)19-20-15/h3-9H,1-2H3,(H,18,24)(H,20,22). The summed E-state index contributed by atoms with van der Waals surface area (Å²) in [7, 11) is -2.11. The molecule has 140 valence electrons. The van der Waals surface area contributed by atoms with Gasteiger partial charge in [-0.1, -0.05) is 11.6 Å². The van der Waals surface area contributed by atoms with Crippen LogP contribution in [0.2, 0.25) is 5.15 Å². The third kappa shape index (κ3) is 4.41. The maximum Gasteiger partial charge on any atom is 0.276 e. The molecule has 9 nitrogen and oxygen atoms in total. The van der Waals surface area contributed by atoms with Gasteiger partial charge in [-0.05, 0) is 49.4 Å². The number of rotatable bonds is 5. The third-order valence-electron chi connectivity index (χ3n) is 3.64. The van der Waals surface area contributed by atoms with E-state index in [2.05, 4.69) is 25.3 Å². The minimum absolute atomic E-state index is 0.00549. The van der Waals surface area contributed by atoms with Gasteiger partial charge in [0.15, 0.2) is 16.7 Å². The van der Waals surface area contributed by atoms with Crippen molar-refractivity contribution in [1.82, 2.24) is 20.0 Å². The second-order valence-corrected chi connectivity index (χ2v) is 7.69. The van der Waals surface area contributed by atoms with Crippen LogP contribution in [0.4, 0.5) is 11.5 Å². The smallest absolute Gasteiger partial charge is 0.276 e. The van der Waals surface area contributed by atoms with Crippen LogP contribution in [0.15, 0.2) is 47.4 Å². The van der Waals surface area contributed by atoms with Gasteiger partial charge < -0.3 is 5.32 Å². The number of hydrogen-bond donors (Lipinski definition) is 2. The minimum atomic E-state index is -3.85. The van der Waals surface area contributed by atoms with Crippen LogP contribution in [0.3, 0.4) is 0 Å². The summed E-state index contributed by atoms with van der Waals surface area (Å²) >= 11 is 5.62. The SMILES string of the molecule is Cc1cc(C(=O)Nc2ccc(S(=O)(=O)Nc3ccc(Cl)nn3)cc2)nn1C. The average Bonchev–Trinajstić information content (AvgIpc) is 2.96. The molecule has 1 amide bonds. The number of hydrogen-bond acceptors (Lipinski definition) is 6. The molecule has 2 heterocycles. The molecule has 0 bridgehead atoms. The molecule has 2 N–H and O–H groups in total. The lowest BCUT2D eigenvalue weighted by molar-refractivity contribution is 0.102. The number of benzene rings is 1. The zero-order valence-electron chi connectivity index (χ0n) is 14.3. The molecule has 3 aromatic rings. The van der Waals surface area contributed by atoms with E-state index >= 15 is 0 Å². The molecule has 0 aliphatic rings. The third-order valence-corrected chi connectivity index (χ3v) is 5.21. The molecule has 2 aromatic heterocycles. The molecule has 0 radical (unpaired) electrons. The van der Waals surface area contributed by atoms with E-state index in [1.807, 2.05) is 6.92 Å². The lowest BCUT2D eigenvalue weighted by Gasteiger charge is -2.08. The first-order chi connectivity index (χ1) is 12.7. The van der Waals surface area contributed by atoms with Crippen molar-refractivity contribution in [3.05, 3.63) is 59.0 Å². The largest absolute Gasteiger partial charge is 0.321 e. The van der Waals surface area contributed by atoms with Crippen molar-refractivity contribution in [2.24, 2.45) is 7.05 Å². The number of amides is 1. The first-order valence-corrected chi connectivity index (χ1v) is 9.55. The molecule has 0 aliphatic heterocycles. The van der Waals surface area contributed by atoms with E-state index in [1.54, 1.807) is 17.8 Å². The summed E-state index contributed by atoms with van der Waals surface area (Å²) in [6, 6.07) is 10.2. The maximum atomic E-state index is 12.4. The number of carbonyl (C=O) groups is 1. The van der Waals surface area contributed by atoms with Crippen molar-refractivity contribution in [3.8, 4) is 0 Å². The van der Waals surface area contributed by atoms with Crippen molar-refractivity contribution in [2.75, 3.05) is 10.0 Å². The van der Waals surface area contributed by atoms with Gasteiger partial charge in [0.25, 0.3) is 15.9 Å². The molecular weight excluding hydrogens is 392 g/mol. The Bertz CT molecular complexity index is 1060. The zero-order chi connectivity index (χ0) is 19.6. The fourth-order valence-electron chi connectivity index (χ4n) is 2.15. The van der Waals surface area contributed by atoms with Crippen LogP contribution >= 0.6 is 11.6 Å². The van der Waals surface area contributed by atoms with Crippen LogP contribution in [0.1, 0.15) is 16.2 Å². The first-order valence-electron chi connectivity index (χ1n) is 7.69. The van der Waals surface area contributed by atoms with Crippen molar-refractivity contribution < 1.29 is 13.2 Å². The molecule has 3 rings (SSSR count). The summed E-state index contributed by atoms with van der Waals surface area (Å²) in [5, 5.41) is 14.1. The number of halogens is 1. The van der Waals surface area contributed by atoms with Crippen LogP contribution in [-0.4, -0.2) is 34.3 Å². The maximum absolute atomic E-state index is 12.4. The molecule has 1 aromatic carbocycles. The zero-order valence-corrected chi connectivity index (χ0v) is 15.9. The van der Waals surface area contributed by atoms with E-state index < -0.39 is 10.0 Å². The number of anilines is 2. The molecule has 0 saturated carbocycles. The van der Waals surface area contributed by atoms with E-state index in [1.165, 1.54) is 36.4 Å². The molecular formula is C16H15ClN6O3S. The lowest BCUT2D eigenvalue weighted by atomic mass is 10.3. The van der Waals surface area contributed by atoms with Crippen molar-refractivity contribution >= 4 is 39.0 Å². The highest BCUT2D eigenvalue weighted by Crippen LogP contribution is 2.18. The van der Waals surface area contributed by atoms with Crippen LogP contribution in [0, 0.1) is 6.92 Å². The number of nitrogens with zero attached hydrogens (tertiary/aromatic N) is 4. The Morgan fingerprint density at radius 3 is 2.37 bits per heavy atom. The Labute approximate surface area is 160 Å². The molecule has 0 saturated heterocycles. The van der Waals surface area contributed by atoms with E-state index in [4.69, 9.17) is 11.6 Å². The summed E-state index contributed by atoms with van der Waals surface area (Å²) in [5.41, 5.74) is 1.56. The molecule has 0 fully saturated rings. The van der Waals surface area contributed by atoms with Crippen molar-refractivity contribution in [2.45, 2.75) is 11.8 Å². The Morgan fingerprint density at radius 1 is 1.11 bits per heavy atom. The predicted octanol–water partition coefficient (Wildman–Crippen LogP) is 2.23. The molecule has 0 aliphatic carbocycles. The van der Waals surface area contributed by atoms with Gasteiger partial charge in [0.2, 0.25) is 0 Å². The van der Waals surface area contributed by atoms with Crippen LogP contribution in [0.25, 0.3) is 0 Å². The molecule has 0 spiro atoms. The van der Waals surface area contributed by atoms with Gasteiger partial charge in [-0.15, -0.1) is 10.2 Å². The van der Waals surface area contributed by atoms with Crippen LogP contribution < -0.4 is 10.0 Å². The topological polar surface area (TPSA) is 119 Å². The summed E-state index contributed by atoms with van der Waals surface area (Å²) in [4.78, 5) is 12.2. The van der Waals surface area contributed by atoms with Crippen molar-refractivity contribution in [1.29, 1.82) is 0 Å². The molecule has 27 heavy (non-hydrogen) atoms. The van der Waals surface area contributed by atoms with E-state index in [0.717, 1.165) is 5.69 Å². The van der Waals surface area contributed by atoms with Gasteiger partial charge >= 0.3 is 0 Å². The van der Waals surface area contributed by atoms with E-state index in [9.17, 15) is 13.2 Å². The quantitative estimate of drug-likeness (QED) is 0.670. The fourth-order valence-corrected chi connectivity index (χ4v) is 3.25. The van der Waals surface area contributed by atoms with Gasteiger partial charge in [0, 0.05) is 18.4 Å². The lowest BCUT2D eigenvalue weighted by Crippen LogP contribution is -2.15. The van der Waals surface area contributed by atoms with Gasteiger partial charge in [0.05, 0.1) is 4.90 Å². The summed E-state index contributed by atoms with van der Waals surface area (Å²) < 4.78 is 28.6. The van der Waals surface area contributed by atoms with E-state index in [0.29, 0.717) is 5.69 Å². The Kier molecular flexibility index (Phi) is 5.10. The molecule has 11 heteroatoms. The van der Waals surface area contributed by atoms with Crippen LogP contribution in [-0.2, 0) is 17.1 Å². The highest BCUT2D eigenvalue weighted by Gasteiger charge is 2.16. The predicted molar refractivity (Wildman–Crippen MR) is 100 cm³/mol. The number of aryl methyl sites for hydroxylation is 2. The molecule has 0 atom stereocenters. The summed E-state index contributed by atoms with van der Waals surface area (Å²) in [6.07, 6.45) is 0. The first kappa shape index (κ1) is 18.8. The minimum Gasteiger partial charge on any atom is -0.321 e. The van der Waals surface area contributed by atoms with Gasteiger partial charge in [-0.2, -0.15) is 5.10 Å². The number of aromatic nitrogens is 4. The number of carbonyl (C=O) groups excluding carboxylic acids is 1. The van der Waals surface area contributed by atoms with Gasteiger partial charge in [0.1, 0.15) is 0 Å². The normalized spacial score (nSPS) is 11.2. The second-order valence-electron chi connectivity index (χ2n) is 5.62. The number of nitrogens with one attached hydrogen (secondary N) is 2.